The second-order valence-electron chi connectivity index (χ2n) is 6.41. The van der Waals surface area contributed by atoms with Crippen LogP contribution in [0.25, 0.3) is 0 Å². The number of non-ortho nitro benzene ring substituents is 1. The van der Waals surface area contributed by atoms with E-state index in [2.05, 4.69) is 5.32 Å². The van der Waals surface area contributed by atoms with Gasteiger partial charge in [-0.25, -0.2) is 0 Å². The molecule has 0 aliphatic heterocycles. The van der Waals surface area contributed by atoms with Gasteiger partial charge in [-0.2, -0.15) is 0 Å². The number of halogens is 1. The van der Waals surface area contributed by atoms with Crippen LogP contribution in [-0.2, 0) is 0 Å². The Kier molecular flexibility index (Phi) is 6.46. The Morgan fingerprint density at radius 1 is 1.10 bits per heavy atom. The van der Waals surface area contributed by atoms with Gasteiger partial charge in [-0.15, -0.1) is 0 Å². The predicted molar refractivity (Wildman–Crippen MR) is 113 cm³/mol. The SMILES string of the molecule is COc1ccc(C(=O)C[C@H](Nc2ccc([N+](=O)[O-])cc2)c2cccc(Cl)c2)cc1. The molecule has 0 radical (unpaired) electrons. The van der Waals surface area contributed by atoms with E-state index in [4.69, 9.17) is 16.3 Å². The lowest BCUT2D eigenvalue weighted by Gasteiger charge is -2.20. The van der Waals surface area contributed by atoms with Crippen molar-refractivity contribution in [2.24, 2.45) is 0 Å². The molecule has 0 heterocycles. The lowest BCUT2D eigenvalue weighted by molar-refractivity contribution is -0.384. The number of nitro groups is 1. The van der Waals surface area contributed by atoms with Gasteiger partial charge >= 0.3 is 0 Å². The molecule has 29 heavy (non-hydrogen) atoms. The number of carbonyl (C=O) groups is 1. The van der Waals surface area contributed by atoms with E-state index in [1.165, 1.54) is 12.1 Å². The van der Waals surface area contributed by atoms with Crippen LogP contribution in [0.4, 0.5) is 11.4 Å². The summed E-state index contributed by atoms with van der Waals surface area (Å²) in [6, 6.07) is 19.9. The number of hydrogen-bond donors (Lipinski definition) is 1. The van der Waals surface area contributed by atoms with Crippen LogP contribution in [0.5, 0.6) is 5.75 Å². The van der Waals surface area contributed by atoms with Gasteiger partial charge in [0.15, 0.2) is 5.78 Å². The molecule has 148 valence electrons. The molecule has 1 atom stereocenters. The predicted octanol–water partition coefficient (Wildman–Crippen LogP) is 5.68. The lowest BCUT2D eigenvalue weighted by Crippen LogP contribution is -2.16. The summed E-state index contributed by atoms with van der Waals surface area (Å²) in [7, 11) is 1.57. The standard InChI is InChI=1S/C22H19ClN2O4/c1-29-20-11-5-15(6-12-20)22(26)14-21(16-3-2-4-17(23)13-16)24-18-7-9-19(10-8-18)25(27)28/h2-13,21,24H,14H2,1H3/t21-/m0/s1. The lowest BCUT2D eigenvalue weighted by atomic mass is 9.97. The van der Waals surface area contributed by atoms with E-state index in [-0.39, 0.29) is 23.9 Å². The Balaban J connectivity index is 1.84. The molecule has 3 rings (SSSR count). The van der Waals surface area contributed by atoms with Crippen LogP contribution in [0.1, 0.15) is 28.4 Å². The number of methoxy groups -OCH3 is 1. The number of Topliss-reactive ketones (excluding diaryl/α,β-unsaturated/α-hetero) is 1. The van der Waals surface area contributed by atoms with Crippen molar-refractivity contribution < 1.29 is 14.5 Å². The first-order valence-corrected chi connectivity index (χ1v) is 9.28. The fraction of sp³-hybridized carbons (Fsp3) is 0.136. The Morgan fingerprint density at radius 3 is 2.38 bits per heavy atom. The second-order valence-corrected chi connectivity index (χ2v) is 6.85. The van der Waals surface area contributed by atoms with Gasteiger partial charge in [0.25, 0.3) is 5.69 Å². The molecule has 0 bridgehead atoms. The fourth-order valence-electron chi connectivity index (χ4n) is 2.94. The normalized spacial score (nSPS) is 11.5. The Morgan fingerprint density at radius 2 is 1.79 bits per heavy atom. The molecule has 0 fully saturated rings. The van der Waals surface area contributed by atoms with Crippen molar-refractivity contribution in [3.05, 3.63) is 99.1 Å². The molecule has 0 saturated heterocycles. The smallest absolute Gasteiger partial charge is 0.269 e. The summed E-state index contributed by atoms with van der Waals surface area (Å²) in [6.07, 6.45) is 0.184. The summed E-state index contributed by atoms with van der Waals surface area (Å²) in [5.41, 5.74) is 2.09. The van der Waals surface area contributed by atoms with Crippen molar-refractivity contribution >= 4 is 28.8 Å². The monoisotopic (exact) mass is 410 g/mol. The molecule has 1 N–H and O–H groups in total. The van der Waals surface area contributed by atoms with E-state index in [9.17, 15) is 14.9 Å². The summed E-state index contributed by atoms with van der Waals surface area (Å²) in [5.74, 6) is 0.629. The van der Waals surface area contributed by atoms with Crippen molar-refractivity contribution in [1.82, 2.24) is 0 Å². The summed E-state index contributed by atoms with van der Waals surface area (Å²) in [5, 5.41) is 14.7. The minimum absolute atomic E-state index is 0.00386. The molecule has 7 heteroatoms. The molecule has 0 spiro atoms. The number of carbonyl (C=O) groups excluding carboxylic acids is 1. The van der Waals surface area contributed by atoms with Gasteiger partial charge in [-0.1, -0.05) is 23.7 Å². The number of ether oxygens (including phenoxy) is 1. The summed E-state index contributed by atoms with van der Waals surface area (Å²) in [4.78, 5) is 23.2. The number of nitro benzene ring substituents is 1. The third-order valence-corrected chi connectivity index (χ3v) is 4.71. The third kappa shape index (κ3) is 5.33. The maximum absolute atomic E-state index is 12.8. The van der Waals surface area contributed by atoms with Gasteiger partial charge in [0.1, 0.15) is 5.75 Å². The molecule has 0 amide bonds. The summed E-state index contributed by atoms with van der Waals surface area (Å²) < 4.78 is 5.13. The number of anilines is 1. The van der Waals surface area contributed by atoms with Gasteiger partial charge in [-0.3, -0.25) is 14.9 Å². The zero-order chi connectivity index (χ0) is 20.8. The molecule has 0 saturated carbocycles. The van der Waals surface area contributed by atoms with E-state index < -0.39 is 4.92 Å². The van der Waals surface area contributed by atoms with Crippen LogP contribution in [0.3, 0.4) is 0 Å². The van der Waals surface area contributed by atoms with Crippen LogP contribution in [0.2, 0.25) is 5.02 Å². The number of ketones is 1. The highest BCUT2D eigenvalue weighted by Gasteiger charge is 2.18. The number of rotatable bonds is 8. The number of nitrogens with zero attached hydrogens (tertiary/aromatic N) is 1. The molecule has 0 unspecified atom stereocenters. The number of hydrogen-bond acceptors (Lipinski definition) is 5. The average Bonchev–Trinajstić information content (AvgIpc) is 2.73. The molecule has 0 aromatic heterocycles. The van der Waals surface area contributed by atoms with E-state index >= 15 is 0 Å². The van der Waals surface area contributed by atoms with Gasteiger partial charge in [0.2, 0.25) is 0 Å². The van der Waals surface area contributed by atoms with E-state index in [0.29, 0.717) is 22.0 Å². The quantitative estimate of drug-likeness (QED) is 0.293. The van der Waals surface area contributed by atoms with Crippen molar-refractivity contribution in [2.45, 2.75) is 12.5 Å². The van der Waals surface area contributed by atoms with E-state index in [1.54, 1.807) is 55.6 Å². The van der Waals surface area contributed by atoms with Crippen LogP contribution in [0.15, 0.2) is 72.8 Å². The number of nitrogens with one attached hydrogen (secondary N) is 1. The van der Waals surface area contributed by atoms with Crippen molar-refractivity contribution in [3.8, 4) is 5.75 Å². The first kappa shape index (κ1) is 20.4. The maximum Gasteiger partial charge on any atom is 0.269 e. The van der Waals surface area contributed by atoms with Crippen molar-refractivity contribution in [2.75, 3.05) is 12.4 Å². The first-order valence-electron chi connectivity index (χ1n) is 8.90. The van der Waals surface area contributed by atoms with E-state index in [0.717, 1.165) is 5.56 Å². The summed E-state index contributed by atoms with van der Waals surface area (Å²) in [6.45, 7) is 0. The van der Waals surface area contributed by atoms with Crippen LogP contribution >= 0.6 is 11.6 Å². The zero-order valence-electron chi connectivity index (χ0n) is 15.7. The van der Waals surface area contributed by atoms with Crippen molar-refractivity contribution in [3.63, 3.8) is 0 Å². The average molecular weight is 411 g/mol. The third-order valence-electron chi connectivity index (χ3n) is 4.47. The molecule has 3 aromatic carbocycles. The second kappa shape index (κ2) is 9.21. The van der Waals surface area contributed by atoms with Gasteiger partial charge in [-0.05, 0) is 54.1 Å². The maximum atomic E-state index is 12.8. The highest BCUT2D eigenvalue weighted by atomic mass is 35.5. The Labute approximate surface area is 173 Å². The first-order chi connectivity index (χ1) is 14.0. The largest absolute Gasteiger partial charge is 0.497 e. The molecular weight excluding hydrogens is 392 g/mol. The molecule has 0 aliphatic rings. The summed E-state index contributed by atoms with van der Waals surface area (Å²) >= 11 is 6.13. The fourth-order valence-corrected chi connectivity index (χ4v) is 3.13. The van der Waals surface area contributed by atoms with Gasteiger partial charge in [0, 0.05) is 34.8 Å². The van der Waals surface area contributed by atoms with Crippen molar-refractivity contribution in [1.29, 1.82) is 0 Å². The van der Waals surface area contributed by atoms with E-state index in [1.807, 2.05) is 12.1 Å². The van der Waals surface area contributed by atoms with Gasteiger partial charge < -0.3 is 10.1 Å². The minimum atomic E-state index is -0.453. The van der Waals surface area contributed by atoms with Crippen LogP contribution in [0, 0.1) is 10.1 Å². The van der Waals surface area contributed by atoms with Crippen LogP contribution in [-0.4, -0.2) is 17.8 Å². The Hall–Kier alpha value is -3.38. The zero-order valence-corrected chi connectivity index (χ0v) is 16.4. The number of benzene rings is 3. The highest BCUT2D eigenvalue weighted by Crippen LogP contribution is 2.28. The molecule has 6 nitrogen and oxygen atoms in total. The highest BCUT2D eigenvalue weighted by molar-refractivity contribution is 6.30. The Bertz CT molecular complexity index is 1000. The molecule has 3 aromatic rings. The van der Waals surface area contributed by atoms with Crippen LogP contribution < -0.4 is 10.1 Å². The minimum Gasteiger partial charge on any atom is -0.497 e. The molecular formula is C22H19ClN2O4. The topological polar surface area (TPSA) is 81.5 Å². The van der Waals surface area contributed by atoms with Gasteiger partial charge in [0.05, 0.1) is 18.1 Å². The molecule has 0 aliphatic carbocycles.